The van der Waals surface area contributed by atoms with Gasteiger partial charge < -0.3 is 4.90 Å². The Kier molecular flexibility index (Phi) is 3.53. The topological polar surface area (TPSA) is 69.9 Å². The molecule has 0 spiro atoms. The lowest BCUT2D eigenvalue weighted by Crippen LogP contribution is -2.22. The van der Waals surface area contributed by atoms with Crippen molar-refractivity contribution in [3.63, 3.8) is 0 Å². The van der Waals surface area contributed by atoms with E-state index in [1.165, 1.54) is 17.3 Å². The van der Waals surface area contributed by atoms with E-state index < -0.39 is 0 Å². The van der Waals surface area contributed by atoms with E-state index in [4.69, 9.17) is 5.26 Å². The van der Waals surface area contributed by atoms with Gasteiger partial charge in [0.25, 0.3) is 5.91 Å². The van der Waals surface area contributed by atoms with Crippen molar-refractivity contribution in [2.24, 2.45) is 0 Å². The Morgan fingerprint density at radius 2 is 1.89 bits per heavy atom. The summed E-state index contributed by atoms with van der Waals surface area (Å²) >= 11 is 0. The molecule has 0 saturated heterocycles. The molecule has 1 aromatic carbocycles. The predicted octanol–water partition coefficient (Wildman–Crippen LogP) is 1.72. The quantitative estimate of drug-likeness (QED) is 0.816. The Morgan fingerprint density at radius 1 is 1.21 bits per heavy atom. The Labute approximate surface area is 111 Å². The fraction of sp³-hybridized carbons (Fsp3) is 0.143. The first kappa shape index (κ1) is 12.7. The molecule has 5 heteroatoms. The van der Waals surface area contributed by atoms with Crippen molar-refractivity contribution in [2.75, 3.05) is 14.1 Å². The summed E-state index contributed by atoms with van der Waals surface area (Å²) in [5.41, 5.74) is 1.76. The van der Waals surface area contributed by atoms with Gasteiger partial charge in [0.15, 0.2) is 5.69 Å². The van der Waals surface area contributed by atoms with E-state index in [9.17, 15) is 4.79 Å². The number of amides is 1. The van der Waals surface area contributed by atoms with E-state index in [2.05, 4.69) is 9.97 Å². The molecule has 1 aromatic heterocycles. The fourth-order valence-electron chi connectivity index (χ4n) is 1.73. The lowest BCUT2D eigenvalue weighted by Gasteiger charge is -2.13. The second-order valence-electron chi connectivity index (χ2n) is 4.11. The molecule has 19 heavy (non-hydrogen) atoms. The number of carbonyl (C=O) groups excluding carboxylic acids is 1. The lowest BCUT2D eigenvalue weighted by atomic mass is 10.0. The molecule has 2 aromatic rings. The summed E-state index contributed by atoms with van der Waals surface area (Å²) in [5.74, 6) is -0.134. The maximum atomic E-state index is 12.1. The largest absolute Gasteiger partial charge is 0.345 e. The van der Waals surface area contributed by atoms with Crippen molar-refractivity contribution >= 4 is 5.91 Å². The molecule has 1 amide bonds. The van der Waals surface area contributed by atoms with Crippen LogP contribution < -0.4 is 0 Å². The van der Waals surface area contributed by atoms with E-state index in [1.54, 1.807) is 38.4 Å². The first-order valence-electron chi connectivity index (χ1n) is 5.67. The number of hydrogen-bond acceptors (Lipinski definition) is 4. The summed E-state index contributed by atoms with van der Waals surface area (Å²) < 4.78 is 0. The van der Waals surface area contributed by atoms with Gasteiger partial charge in [-0.1, -0.05) is 18.2 Å². The van der Waals surface area contributed by atoms with Gasteiger partial charge in [-0.15, -0.1) is 0 Å². The summed E-state index contributed by atoms with van der Waals surface area (Å²) in [7, 11) is 3.36. The van der Waals surface area contributed by atoms with Crippen LogP contribution in [-0.2, 0) is 0 Å². The van der Waals surface area contributed by atoms with Crippen LogP contribution >= 0.6 is 0 Å². The molecule has 0 fully saturated rings. The van der Waals surface area contributed by atoms with Crippen LogP contribution in [0.15, 0.2) is 36.7 Å². The third-order valence-corrected chi connectivity index (χ3v) is 2.62. The van der Waals surface area contributed by atoms with Crippen molar-refractivity contribution in [2.45, 2.75) is 0 Å². The minimum absolute atomic E-state index is 0.134. The highest BCUT2D eigenvalue weighted by atomic mass is 16.2. The van der Waals surface area contributed by atoms with Crippen molar-refractivity contribution in [3.8, 4) is 17.3 Å². The molecule has 2 rings (SSSR count). The van der Waals surface area contributed by atoms with Crippen molar-refractivity contribution in [1.82, 2.24) is 14.9 Å². The predicted molar refractivity (Wildman–Crippen MR) is 70.2 cm³/mol. The van der Waals surface area contributed by atoms with E-state index in [0.29, 0.717) is 16.8 Å². The molecule has 1 heterocycles. The third kappa shape index (κ3) is 2.43. The molecule has 94 valence electrons. The number of nitrogens with zero attached hydrogens (tertiary/aromatic N) is 4. The van der Waals surface area contributed by atoms with Gasteiger partial charge in [-0.05, 0) is 6.07 Å². The first-order chi connectivity index (χ1) is 9.15. The SMILES string of the molecule is CN(C)C(=O)c1ccccc1-c1nccnc1C#N. The Balaban J connectivity index is 2.64. The number of carbonyl (C=O) groups is 1. The Morgan fingerprint density at radius 3 is 2.58 bits per heavy atom. The molecule has 0 aliphatic rings. The molecule has 0 unspecified atom stereocenters. The van der Waals surface area contributed by atoms with E-state index in [-0.39, 0.29) is 11.6 Å². The standard InChI is InChI=1S/C14H12N4O/c1-18(2)14(19)11-6-4-3-5-10(11)13-12(9-15)16-7-8-17-13/h3-8H,1-2H3. The van der Waals surface area contributed by atoms with E-state index in [1.807, 2.05) is 6.07 Å². The van der Waals surface area contributed by atoms with E-state index in [0.717, 1.165) is 0 Å². The molecule has 0 atom stereocenters. The minimum atomic E-state index is -0.134. The summed E-state index contributed by atoms with van der Waals surface area (Å²) in [4.78, 5) is 21.8. The highest BCUT2D eigenvalue weighted by Gasteiger charge is 2.17. The smallest absolute Gasteiger partial charge is 0.254 e. The van der Waals surface area contributed by atoms with Gasteiger partial charge in [0.1, 0.15) is 11.8 Å². The molecular formula is C14H12N4O. The highest BCUT2D eigenvalue weighted by Crippen LogP contribution is 2.24. The monoisotopic (exact) mass is 252 g/mol. The maximum Gasteiger partial charge on any atom is 0.254 e. The van der Waals surface area contributed by atoms with Crippen LogP contribution in [0, 0.1) is 11.3 Å². The van der Waals surface area contributed by atoms with Crippen LogP contribution in [0.4, 0.5) is 0 Å². The van der Waals surface area contributed by atoms with Gasteiger partial charge in [0, 0.05) is 37.6 Å². The second-order valence-corrected chi connectivity index (χ2v) is 4.11. The average Bonchev–Trinajstić information content (AvgIpc) is 2.46. The molecular weight excluding hydrogens is 240 g/mol. The molecule has 0 saturated carbocycles. The molecule has 0 aliphatic heterocycles. The third-order valence-electron chi connectivity index (χ3n) is 2.62. The van der Waals surface area contributed by atoms with Crippen molar-refractivity contribution in [1.29, 1.82) is 5.26 Å². The molecule has 0 aliphatic carbocycles. The number of aromatic nitrogens is 2. The van der Waals surface area contributed by atoms with Gasteiger partial charge in [-0.3, -0.25) is 9.78 Å². The highest BCUT2D eigenvalue weighted by molar-refractivity contribution is 6.00. The summed E-state index contributed by atoms with van der Waals surface area (Å²) in [6.45, 7) is 0. The zero-order chi connectivity index (χ0) is 13.8. The van der Waals surface area contributed by atoms with Crippen LogP contribution in [-0.4, -0.2) is 34.9 Å². The number of hydrogen-bond donors (Lipinski definition) is 0. The number of rotatable bonds is 2. The van der Waals surface area contributed by atoms with Crippen LogP contribution in [0.25, 0.3) is 11.3 Å². The van der Waals surface area contributed by atoms with E-state index >= 15 is 0 Å². The zero-order valence-corrected chi connectivity index (χ0v) is 10.7. The average molecular weight is 252 g/mol. The summed E-state index contributed by atoms with van der Waals surface area (Å²) in [6, 6.07) is 9.06. The number of benzene rings is 1. The summed E-state index contributed by atoms with van der Waals surface area (Å²) in [5, 5.41) is 9.07. The van der Waals surface area contributed by atoms with Crippen molar-refractivity contribution in [3.05, 3.63) is 47.9 Å². The van der Waals surface area contributed by atoms with Crippen molar-refractivity contribution < 1.29 is 4.79 Å². The number of nitriles is 1. The Hall–Kier alpha value is -2.74. The normalized spacial score (nSPS) is 9.74. The van der Waals surface area contributed by atoms with Crippen LogP contribution in [0.2, 0.25) is 0 Å². The lowest BCUT2D eigenvalue weighted by molar-refractivity contribution is 0.0828. The molecule has 0 bridgehead atoms. The molecule has 0 radical (unpaired) electrons. The van der Waals surface area contributed by atoms with Gasteiger partial charge in [-0.25, -0.2) is 4.98 Å². The second kappa shape index (κ2) is 5.27. The van der Waals surface area contributed by atoms with Gasteiger partial charge in [-0.2, -0.15) is 5.26 Å². The zero-order valence-electron chi connectivity index (χ0n) is 10.7. The van der Waals surface area contributed by atoms with Crippen LogP contribution in [0.5, 0.6) is 0 Å². The maximum absolute atomic E-state index is 12.1. The molecule has 5 nitrogen and oxygen atoms in total. The minimum Gasteiger partial charge on any atom is -0.345 e. The molecule has 0 N–H and O–H groups in total. The Bertz CT molecular complexity index is 658. The van der Waals surface area contributed by atoms with Gasteiger partial charge in [0.05, 0.1) is 0 Å². The fourth-order valence-corrected chi connectivity index (χ4v) is 1.73. The van der Waals surface area contributed by atoms with Crippen LogP contribution in [0.3, 0.4) is 0 Å². The van der Waals surface area contributed by atoms with Gasteiger partial charge in [0.2, 0.25) is 0 Å². The summed E-state index contributed by atoms with van der Waals surface area (Å²) in [6.07, 6.45) is 2.96. The van der Waals surface area contributed by atoms with Crippen LogP contribution in [0.1, 0.15) is 16.1 Å². The van der Waals surface area contributed by atoms with Gasteiger partial charge >= 0.3 is 0 Å². The first-order valence-corrected chi connectivity index (χ1v) is 5.67.